The first-order valence-corrected chi connectivity index (χ1v) is 21.3. The zero-order chi connectivity index (χ0) is 33.8. The highest BCUT2D eigenvalue weighted by atomic mass is 32.2. The van der Waals surface area contributed by atoms with Crippen LogP contribution in [0.2, 0.25) is 0 Å². The summed E-state index contributed by atoms with van der Waals surface area (Å²) in [6.45, 7) is 5.30. The highest BCUT2D eigenvalue weighted by molar-refractivity contribution is 7.89. The van der Waals surface area contributed by atoms with E-state index in [9.17, 15) is 8.42 Å². The van der Waals surface area contributed by atoms with Crippen LogP contribution >= 0.6 is 0 Å². The average molecular weight is 663 g/mol. The molecule has 270 valence electrons. The van der Waals surface area contributed by atoms with Gasteiger partial charge in [-0.1, -0.05) is 152 Å². The van der Waals surface area contributed by atoms with Gasteiger partial charge in [0.05, 0.1) is 5.75 Å². The van der Waals surface area contributed by atoms with E-state index in [-0.39, 0.29) is 11.8 Å². The molecule has 1 unspecified atom stereocenters. The Morgan fingerprint density at radius 2 is 0.891 bits per heavy atom. The van der Waals surface area contributed by atoms with Gasteiger partial charge in [0.1, 0.15) is 0 Å². The third kappa shape index (κ3) is 35.7. The van der Waals surface area contributed by atoms with Gasteiger partial charge in [-0.15, -0.1) is 0 Å². The van der Waals surface area contributed by atoms with Crippen LogP contribution in [0.15, 0.2) is 48.6 Å². The van der Waals surface area contributed by atoms with Gasteiger partial charge in [0.2, 0.25) is 10.0 Å². The fraction of sp³-hybridized carbons (Fsp3) is 0.805. The zero-order valence-corrected chi connectivity index (χ0v) is 32.0. The fourth-order valence-corrected chi connectivity index (χ4v) is 7.08. The fourth-order valence-electron chi connectivity index (χ4n) is 5.71. The quantitative estimate of drug-likeness (QED) is 0.0543. The summed E-state index contributed by atoms with van der Waals surface area (Å²) in [4.78, 5) is 2.06. The first-order valence-electron chi connectivity index (χ1n) is 19.7. The second-order valence-electron chi connectivity index (χ2n) is 13.7. The van der Waals surface area contributed by atoms with Gasteiger partial charge >= 0.3 is 0 Å². The van der Waals surface area contributed by atoms with E-state index in [0.29, 0.717) is 6.42 Å². The molecule has 0 bridgehead atoms. The molecular formula is C41H78N2O2S. The molecule has 0 amide bonds. The largest absolute Gasteiger partial charge is 0.309 e. The Morgan fingerprint density at radius 3 is 1.33 bits per heavy atom. The Bertz CT molecular complexity index is 845. The van der Waals surface area contributed by atoms with Gasteiger partial charge in [-0.05, 0) is 97.7 Å². The first kappa shape index (κ1) is 44.8. The number of sulfonamides is 1. The molecule has 0 aromatic heterocycles. The molecule has 0 aliphatic rings. The summed E-state index contributed by atoms with van der Waals surface area (Å²) in [6, 6.07) is 0.0938. The average Bonchev–Trinajstić information content (AvgIpc) is 3.02. The molecule has 0 aliphatic carbocycles. The summed E-state index contributed by atoms with van der Waals surface area (Å²) in [7, 11) is 0.782. The topological polar surface area (TPSA) is 49.4 Å². The highest BCUT2D eigenvalue weighted by Gasteiger charge is 2.17. The van der Waals surface area contributed by atoms with Crippen LogP contribution in [0.3, 0.4) is 0 Å². The first-order chi connectivity index (χ1) is 22.4. The van der Waals surface area contributed by atoms with Gasteiger partial charge in [0.15, 0.2) is 0 Å². The molecule has 5 heteroatoms. The van der Waals surface area contributed by atoms with Crippen LogP contribution in [0.4, 0.5) is 0 Å². The third-order valence-electron chi connectivity index (χ3n) is 8.62. The Balaban J connectivity index is 4.16. The van der Waals surface area contributed by atoms with E-state index >= 15 is 0 Å². The molecule has 1 atom stereocenters. The van der Waals surface area contributed by atoms with Crippen LogP contribution < -0.4 is 4.72 Å². The second-order valence-corrected chi connectivity index (χ2v) is 15.6. The summed E-state index contributed by atoms with van der Waals surface area (Å²) in [5, 5.41) is 0. The van der Waals surface area contributed by atoms with Crippen LogP contribution in [0.5, 0.6) is 0 Å². The number of unbranched alkanes of at least 4 members (excludes halogenated alkanes) is 17. The smallest absolute Gasteiger partial charge is 0.211 e. The van der Waals surface area contributed by atoms with Gasteiger partial charge < -0.3 is 4.90 Å². The maximum absolute atomic E-state index is 12.8. The van der Waals surface area contributed by atoms with Crippen LogP contribution in [0.1, 0.15) is 181 Å². The van der Waals surface area contributed by atoms with Crippen molar-refractivity contribution in [3.63, 3.8) is 0 Å². The second kappa shape index (κ2) is 35.1. The molecule has 0 saturated carbocycles. The molecule has 0 aromatic carbocycles. The Labute approximate surface area is 289 Å². The SMILES string of the molecule is CCCC/C=C\C/C=C\CCCCCCCCC(CCCCCCCC/C=C\C/C=C\CCCCC)NS(=O)(=O)CCCN(C)C. The lowest BCUT2D eigenvalue weighted by atomic mass is 10.0. The van der Waals surface area contributed by atoms with Crippen molar-refractivity contribution in [3.8, 4) is 0 Å². The van der Waals surface area contributed by atoms with Crippen molar-refractivity contribution < 1.29 is 8.42 Å². The van der Waals surface area contributed by atoms with Crippen molar-refractivity contribution in [2.45, 2.75) is 187 Å². The van der Waals surface area contributed by atoms with Crippen molar-refractivity contribution in [1.29, 1.82) is 0 Å². The highest BCUT2D eigenvalue weighted by Crippen LogP contribution is 2.16. The van der Waals surface area contributed by atoms with E-state index in [1.807, 2.05) is 14.1 Å². The summed E-state index contributed by atoms with van der Waals surface area (Å²) in [5.74, 6) is 0.231. The number of nitrogens with zero attached hydrogens (tertiary/aromatic N) is 1. The van der Waals surface area contributed by atoms with E-state index in [1.165, 1.54) is 122 Å². The van der Waals surface area contributed by atoms with E-state index in [4.69, 9.17) is 0 Å². The van der Waals surface area contributed by atoms with E-state index in [1.54, 1.807) is 0 Å². The van der Waals surface area contributed by atoms with Crippen LogP contribution in [0.25, 0.3) is 0 Å². The lowest BCUT2D eigenvalue weighted by Gasteiger charge is -2.19. The maximum Gasteiger partial charge on any atom is 0.211 e. The molecule has 0 rings (SSSR count). The number of hydrogen-bond acceptors (Lipinski definition) is 3. The number of nitrogens with one attached hydrogen (secondary N) is 1. The van der Waals surface area contributed by atoms with Crippen molar-refractivity contribution >= 4 is 10.0 Å². The molecule has 0 fully saturated rings. The summed E-state index contributed by atoms with van der Waals surface area (Å²) >= 11 is 0. The normalized spacial score (nSPS) is 13.5. The molecule has 0 spiro atoms. The van der Waals surface area contributed by atoms with Gasteiger partial charge in [0, 0.05) is 6.04 Å². The van der Waals surface area contributed by atoms with Crippen LogP contribution in [0, 0.1) is 0 Å². The van der Waals surface area contributed by atoms with Crippen molar-refractivity contribution in [3.05, 3.63) is 48.6 Å². The number of rotatable bonds is 35. The maximum atomic E-state index is 12.8. The number of hydrogen-bond donors (Lipinski definition) is 1. The van der Waals surface area contributed by atoms with Crippen LogP contribution in [-0.2, 0) is 10.0 Å². The predicted octanol–water partition coefficient (Wildman–Crippen LogP) is 12.2. The van der Waals surface area contributed by atoms with Gasteiger partial charge in [-0.25, -0.2) is 13.1 Å². The summed E-state index contributed by atoms with van der Waals surface area (Å²) < 4.78 is 28.7. The minimum Gasteiger partial charge on any atom is -0.309 e. The molecule has 46 heavy (non-hydrogen) atoms. The Hall–Kier alpha value is -1.17. The molecule has 0 aromatic rings. The molecule has 4 nitrogen and oxygen atoms in total. The molecule has 0 aliphatic heterocycles. The Morgan fingerprint density at radius 1 is 0.500 bits per heavy atom. The van der Waals surface area contributed by atoms with Crippen molar-refractivity contribution in [2.24, 2.45) is 0 Å². The lowest BCUT2D eigenvalue weighted by Crippen LogP contribution is -2.37. The molecule has 0 saturated heterocycles. The number of allylic oxidation sites excluding steroid dienone is 8. The zero-order valence-electron chi connectivity index (χ0n) is 31.2. The van der Waals surface area contributed by atoms with E-state index in [2.05, 4.69) is 72.1 Å². The van der Waals surface area contributed by atoms with E-state index in [0.717, 1.165) is 45.1 Å². The Kier molecular flexibility index (Phi) is 34.3. The van der Waals surface area contributed by atoms with Crippen LogP contribution in [-0.4, -0.2) is 45.8 Å². The summed E-state index contributed by atoms with van der Waals surface area (Å²) in [5.41, 5.74) is 0. The molecular weight excluding hydrogens is 585 g/mol. The van der Waals surface area contributed by atoms with Gasteiger partial charge in [0.25, 0.3) is 0 Å². The van der Waals surface area contributed by atoms with Gasteiger partial charge in [-0.2, -0.15) is 0 Å². The van der Waals surface area contributed by atoms with Crippen molar-refractivity contribution in [1.82, 2.24) is 9.62 Å². The minimum absolute atomic E-state index is 0.0938. The summed E-state index contributed by atoms with van der Waals surface area (Å²) in [6.07, 6.45) is 49.6. The van der Waals surface area contributed by atoms with Crippen molar-refractivity contribution in [2.75, 3.05) is 26.4 Å². The monoisotopic (exact) mass is 663 g/mol. The molecule has 1 N–H and O–H groups in total. The minimum atomic E-state index is -3.22. The molecule has 0 heterocycles. The molecule has 0 radical (unpaired) electrons. The predicted molar refractivity (Wildman–Crippen MR) is 207 cm³/mol. The lowest BCUT2D eigenvalue weighted by molar-refractivity contribution is 0.406. The van der Waals surface area contributed by atoms with E-state index < -0.39 is 10.0 Å². The third-order valence-corrected chi connectivity index (χ3v) is 10.1. The van der Waals surface area contributed by atoms with Gasteiger partial charge in [-0.3, -0.25) is 0 Å². The standard InChI is InChI=1S/C41H78N2O2S/c1-5-7-9-11-13-15-17-19-21-23-25-27-29-31-33-35-38-41(42-46(44,45)40-36-39-43(3)4)37-34-32-30-28-26-24-22-20-18-16-14-12-10-8-6-2/h12-15,18-21,41-42H,5-11,16-17,22-40H2,1-4H3/b14-12-,15-13-,20-18-,21-19-.